The van der Waals surface area contributed by atoms with Crippen molar-refractivity contribution in [2.75, 3.05) is 5.73 Å². The summed E-state index contributed by atoms with van der Waals surface area (Å²) in [4.78, 5) is 11.9. The highest BCUT2D eigenvalue weighted by Crippen LogP contribution is 2.24. The van der Waals surface area contributed by atoms with Crippen LogP contribution in [0.4, 0.5) is 5.69 Å². The van der Waals surface area contributed by atoms with Gasteiger partial charge in [-0.3, -0.25) is 4.79 Å². The topological polar surface area (TPSA) is 43.1 Å². The SMILES string of the molecule is CC(C)(C)C(=O)c1cc(N)cc(Cl)c1. The van der Waals surface area contributed by atoms with Gasteiger partial charge in [0.15, 0.2) is 5.78 Å². The molecule has 14 heavy (non-hydrogen) atoms. The molecule has 0 saturated heterocycles. The Hall–Kier alpha value is -1.02. The van der Waals surface area contributed by atoms with Crippen LogP contribution in [0.5, 0.6) is 0 Å². The molecule has 0 aromatic heterocycles. The van der Waals surface area contributed by atoms with Gasteiger partial charge in [-0.15, -0.1) is 0 Å². The summed E-state index contributed by atoms with van der Waals surface area (Å²) < 4.78 is 0. The van der Waals surface area contributed by atoms with Crippen molar-refractivity contribution >= 4 is 23.1 Å². The molecule has 0 heterocycles. The van der Waals surface area contributed by atoms with Crippen molar-refractivity contribution in [2.24, 2.45) is 5.41 Å². The zero-order chi connectivity index (χ0) is 10.9. The summed E-state index contributed by atoms with van der Waals surface area (Å²) in [6.07, 6.45) is 0. The highest BCUT2D eigenvalue weighted by molar-refractivity contribution is 6.31. The molecule has 0 atom stereocenters. The van der Waals surface area contributed by atoms with E-state index in [0.29, 0.717) is 16.3 Å². The van der Waals surface area contributed by atoms with Crippen LogP contribution in [-0.4, -0.2) is 5.78 Å². The first-order valence-electron chi connectivity index (χ1n) is 4.41. The molecule has 1 aromatic carbocycles. The van der Waals surface area contributed by atoms with Crippen LogP contribution in [0.3, 0.4) is 0 Å². The number of carbonyl (C=O) groups is 1. The normalized spacial score (nSPS) is 11.4. The number of rotatable bonds is 1. The first kappa shape index (κ1) is 11.1. The van der Waals surface area contributed by atoms with Crippen LogP contribution < -0.4 is 5.73 Å². The molecule has 0 bridgehead atoms. The number of ketones is 1. The molecular formula is C11H14ClNO. The lowest BCUT2D eigenvalue weighted by Gasteiger charge is -2.16. The number of anilines is 1. The Morgan fingerprint density at radius 2 is 1.86 bits per heavy atom. The second kappa shape index (κ2) is 3.62. The van der Waals surface area contributed by atoms with Gasteiger partial charge < -0.3 is 5.73 Å². The molecule has 0 radical (unpaired) electrons. The van der Waals surface area contributed by atoms with E-state index in [1.807, 2.05) is 20.8 Å². The number of hydrogen-bond donors (Lipinski definition) is 1. The quantitative estimate of drug-likeness (QED) is 0.573. The maximum Gasteiger partial charge on any atom is 0.168 e. The van der Waals surface area contributed by atoms with E-state index in [1.54, 1.807) is 18.2 Å². The highest BCUT2D eigenvalue weighted by atomic mass is 35.5. The van der Waals surface area contributed by atoms with E-state index < -0.39 is 5.41 Å². The van der Waals surface area contributed by atoms with Crippen LogP contribution >= 0.6 is 11.6 Å². The maximum absolute atomic E-state index is 11.9. The molecule has 0 aliphatic carbocycles. The Kier molecular flexibility index (Phi) is 2.86. The van der Waals surface area contributed by atoms with Crippen LogP contribution in [0, 0.1) is 5.41 Å². The van der Waals surface area contributed by atoms with Crippen LogP contribution in [0.1, 0.15) is 31.1 Å². The van der Waals surface area contributed by atoms with E-state index in [-0.39, 0.29) is 5.78 Å². The predicted octanol–water partition coefficient (Wildman–Crippen LogP) is 3.15. The van der Waals surface area contributed by atoms with Gasteiger partial charge in [-0.05, 0) is 18.2 Å². The van der Waals surface area contributed by atoms with Crippen molar-refractivity contribution < 1.29 is 4.79 Å². The Balaban J connectivity index is 3.14. The van der Waals surface area contributed by atoms with Crippen LogP contribution in [0.2, 0.25) is 5.02 Å². The van der Waals surface area contributed by atoms with Crippen LogP contribution in [0.25, 0.3) is 0 Å². The van der Waals surface area contributed by atoms with E-state index in [2.05, 4.69) is 0 Å². The minimum Gasteiger partial charge on any atom is -0.399 e. The molecule has 0 fully saturated rings. The number of carbonyl (C=O) groups excluding carboxylic acids is 1. The second-order valence-corrected chi connectivity index (χ2v) is 4.79. The third kappa shape index (κ3) is 2.48. The second-order valence-electron chi connectivity index (χ2n) is 4.35. The van der Waals surface area contributed by atoms with Gasteiger partial charge in [0.25, 0.3) is 0 Å². The van der Waals surface area contributed by atoms with Crippen molar-refractivity contribution in [2.45, 2.75) is 20.8 Å². The van der Waals surface area contributed by atoms with Crippen molar-refractivity contribution in [3.63, 3.8) is 0 Å². The van der Waals surface area contributed by atoms with E-state index >= 15 is 0 Å². The standard InChI is InChI=1S/C11H14ClNO/c1-11(2,3)10(14)7-4-8(12)6-9(13)5-7/h4-6H,13H2,1-3H3. The number of hydrogen-bond acceptors (Lipinski definition) is 2. The third-order valence-corrected chi connectivity index (χ3v) is 2.08. The fraction of sp³-hybridized carbons (Fsp3) is 0.364. The molecule has 2 N–H and O–H groups in total. The molecular weight excluding hydrogens is 198 g/mol. The molecule has 1 rings (SSSR count). The van der Waals surface area contributed by atoms with Crippen LogP contribution in [-0.2, 0) is 0 Å². The van der Waals surface area contributed by atoms with Gasteiger partial charge in [-0.2, -0.15) is 0 Å². The fourth-order valence-electron chi connectivity index (χ4n) is 1.18. The number of Topliss-reactive ketones (excluding diaryl/α,β-unsaturated/α-hetero) is 1. The average molecular weight is 212 g/mol. The number of halogens is 1. The predicted molar refractivity (Wildman–Crippen MR) is 59.6 cm³/mol. The van der Waals surface area contributed by atoms with E-state index in [1.165, 1.54) is 0 Å². The van der Waals surface area contributed by atoms with E-state index in [4.69, 9.17) is 17.3 Å². The number of nitrogens with two attached hydrogens (primary N) is 1. The zero-order valence-electron chi connectivity index (χ0n) is 8.60. The molecule has 3 heteroatoms. The van der Waals surface area contributed by atoms with Crippen molar-refractivity contribution in [3.8, 4) is 0 Å². The minimum atomic E-state index is -0.406. The smallest absolute Gasteiger partial charge is 0.168 e. The monoisotopic (exact) mass is 211 g/mol. The minimum absolute atomic E-state index is 0.0479. The van der Waals surface area contributed by atoms with Gasteiger partial charge in [0.05, 0.1) is 0 Å². The number of benzene rings is 1. The van der Waals surface area contributed by atoms with Crippen molar-refractivity contribution in [1.29, 1.82) is 0 Å². The third-order valence-electron chi connectivity index (χ3n) is 1.86. The summed E-state index contributed by atoms with van der Waals surface area (Å²) in [5.41, 5.74) is 6.29. The Labute approximate surface area is 89.1 Å². The molecule has 0 saturated carbocycles. The largest absolute Gasteiger partial charge is 0.399 e. The first-order valence-corrected chi connectivity index (χ1v) is 4.79. The summed E-state index contributed by atoms with van der Waals surface area (Å²) >= 11 is 5.81. The summed E-state index contributed by atoms with van der Waals surface area (Å²) in [7, 11) is 0. The lowest BCUT2D eigenvalue weighted by molar-refractivity contribution is 0.0858. The molecule has 0 unspecified atom stereocenters. The molecule has 0 aliphatic rings. The van der Waals surface area contributed by atoms with Gasteiger partial charge in [0, 0.05) is 21.7 Å². The average Bonchev–Trinajstić information content (AvgIpc) is 1.99. The molecule has 0 amide bonds. The summed E-state index contributed by atoms with van der Waals surface area (Å²) in [5, 5.41) is 0.498. The lowest BCUT2D eigenvalue weighted by atomic mass is 9.86. The maximum atomic E-state index is 11.9. The molecule has 0 aliphatic heterocycles. The van der Waals surface area contributed by atoms with Crippen LogP contribution in [0.15, 0.2) is 18.2 Å². The van der Waals surface area contributed by atoms with E-state index in [9.17, 15) is 4.79 Å². The highest BCUT2D eigenvalue weighted by Gasteiger charge is 2.23. The van der Waals surface area contributed by atoms with Gasteiger partial charge in [0.2, 0.25) is 0 Å². The van der Waals surface area contributed by atoms with Gasteiger partial charge >= 0.3 is 0 Å². The van der Waals surface area contributed by atoms with Gasteiger partial charge in [0.1, 0.15) is 0 Å². The van der Waals surface area contributed by atoms with Gasteiger partial charge in [-0.25, -0.2) is 0 Å². The van der Waals surface area contributed by atoms with E-state index in [0.717, 1.165) is 0 Å². The Morgan fingerprint density at radius 1 is 1.29 bits per heavy atom. The molecule has 0 spiro atoms. The summed E-state index contributed by atoms with van der Waals surface area (Å²) in [5.74, 6) is 0.0479. The summed E-state index contributed by atoms with van der Waals surface area (Å²) in [6.45, 7) is 5.60. The summed E-state index contributed by atoms with van der Waals surface area (Å²) in [6, 6.07) is 4.92. The Bertz CT molecular complexity index is 346. The van der Waals surface area contributed by atoms with Gasteiger partial charge in [-0.1, -0.05) is 32.4 Å². The first-order chi connectivity index (χ1) is 6.30. The number of nitrogen functional groups attached to an aromatic ring is 1. The zero-order valence-corrected chi connectivity index (χ0v) is 9.35. The van der Waals surface area contributed by atoms with Crippen molar-refractivity contribution in [3.05, 3.63) is 28.8 Å². The lowest BCUT2D eigenvalue weighted by Crippen LogP contribution is -2.20. The molecule has 76 valence electrons. The molecule has 1 aromatic rings. The fourth-order valence-corrected chi connectivity index (χ4v) is 1.42. The Morgan fingerprint density at radius 3 is 2.29 bits per heavy atom. The molecule has 2 nitrogen and oxygen atoms in total. The van der Waals surface area contributed by atoms with Crippen molar-refractivity contribution in [1.82, 2.24) is 0 Å².